The van der Waals surface area contributed by atoms with Gasteiger partial charge in [-0.15, -0.1) is 0 Å². The molecule has 2 aliphatic heterocycles. The number of hydrogen-bond acceptors (Lipinski definition) is 9. The summed E-state index contributed by atoms with van der Waals surface area (Å²) in [5, 5.41) is 15.1. The van der Waals surface area contributed by atoms with E-state index in [9.17, 15) is 9.59 Å². The molecule has 11 nitrogen and oxygen atoms in total. The van der Waals surface area contributed by atoms with Gasteiger partial charge in [-0.1, -0.05) is 29.8 Å². The van der Waals surface area contributed by atoms with Crippen molar-refractivity contribution in [3.63, 3.8) is 0 Å². The first kappa shape index (κ1) is 30.0. The number of halogens is 1. The van der Waals surface area contributed by atoms with Gasteiger partial charge in [0.25, 0.3) is 0 Å². The topological polar surface area (TPSA) is 129 Å². The van der Waals surface area contributed by atoms with Crippen molar-refractivity contribution in [3.8, 4) is 6.19 Å². The highest BCUT2D eigenvalue weighted by Gasteiger charge is 2.39. The molecule has 0 saturated carbocycles. The molecule has 2 aliphatic rings. The summed E-state index contributed by atoms with van der Waals surface area (Å²) in [4.78, 5) is 34.5. The number of ether oxygens (including phenoxy) is 3. The maximum absolute atomic E-state index is 13.3. The minimum absolute atomic E-state index is 0.111. The molecule has 2 heterocycles. The summed E-state index contributed by atoms with van der Waals surface area (Å²) in [7, 11) is 2.95. The number of nitrogens with zero attached hydrogens (tertiary/aromatic N) is 4. The number of benzene rings is 1. The largest absolute Gasteiger partial charge is 0.466 e. The lowest BCUT2D eigenvalue weighted by Gasteiger charge is -2.35. The van der Waals surface area contributed by atoms with Gasteiger partial charge in [0, 0.05) is 50.5 Å². The lowest BCUT2D eigenvalue weighted by Crippen LogP contribution is -2.52. The van der Waals surface area contributed by atoms with E-state index >= 15 is 0 Å². The van der Waals surface area contributed by atoms with Gasteiger partial charge in [-0.2, -0.15) is 5.26 Å². The van der Waals surface area contributed by atoms with Crippen LogP contribution in [0.1, 0.15) is 25.3 Å². The third-order valence-corrected chi connectivity index (χ3v) is 6.96. The van der Waals surface area contributed by atoms with Crippen LogP contribution in [0.25, 0.3) is 0 Å². The van der Waals surface area contributed by atoms with Gasteiger partial charge in [0.2, 0.25) is 5.96 Å². The van der Waals surface area contributed by atoms with E-state index in [2.05, 4.69) is 20.5 Å². The van der Waals surface area contributed by atoms with Crippen LogP contribution in [0.2, 0.25) is 5.02 Å². The van der Waals surface area contributed by atoms with Crippen molar-refractivity contribution < 1.29 is 23.8 Å². The summed E-state index contributed by atoms with van der Waals surface area (Å²) in [6, 6.07) is 7.09. The second kappa shape index (κ2) is 14.5. The zero-order chi connectivity index (χ0) is 28.4. The van der Waals surface area contributed by atoms with Crippen LogP contribution in [-0.2, 0) is 23.8 Å². The Morgan fingerprint density at radius 1 is 1.21 bits per heavy atom. The van der Waals surface area contributed by atoms with Crippen LogP contribution in [0, 0.1) is 11.5 Å². The maximum atomic E-state index is 13.3. The van der Waals surface area contributed by atoms with Crippen LogP contribution in [0.3, 0.4) is 0 Å². The number of piperazine rings is 1. The number of allylic oxidation sites excluding steroid dienone is 1. The van der Waals surface area contributed by atoms with E-state index in [-0.39, 0.29) is 24.4 Å². The molecule has 1 unspecified atom stereocenters. The molecule has 1 saturated heterocycles. The predicted octanol–water partition coefficient (Wildman–Crippen LogP) is 1.98. The Morgan fingerprint density at radius 2 is 1.92 bits per heavy atom. The Labute approximate surface area is 234 Å². The molecular weight excluding hydrogens is 524 g/mol. The zero-order valence-electron chi connectivity index (χ0n) is 22.8. The van der Waals surface area contributed by atoms with E-state index < -0.39 is 17.9 Å². The van der Waals surface area contributed by atoms with E-state index in [1.165, 1.54) is 7.11 Å². The normalized spacial score (nSPS) is 18.4. The van der Waals surface area contributed by atoms with Crippen molar-refractivity contribution in [1.29, 1.82) is 5.26 Å². The van der Waals surface area contributed by atoms with Crippen LogP contribution < -0.4 is 10.6 Å². The lowest BCUT2D eigenvalue weighted by molar-refractivity contribution is -0.139. The summed E-state index contributed by atoms with van der Waals surface area (Å²) in [5.74, 6) is -1.34. The van der Waals surface area contributed by atoms with Gasteiger partial charge in [-0.3, -0.25) is 15.2 Å². The number of esters is 2. The van der Waals surface area contributed by atoms with Crippen LogP contribution in [0.5, 0.6) is 0 Å². The molecule has 1 atom stereocenters. The van der Waals surface area contributed by atoms with Crippen molar-refractivity contribution in [2.45, 2.75) is 19.8 Å². The summed E-state index contributed by atoms with van der Waals surface area (Å²) < 4.78 is 16.5. The first-order valence-electron chi connectivity index (χ1n) is 12.7. The Hall–Kier alpha value is -3.59. The van der Waals surface area contributed by atoms with E-state index in [1.807, 2.05) is 11.1 Å². The Kier molecular flexibility index (Phi) is 11.2. The number of hydrogen-bond donors (Lipinski definition) is 2. The average molecular weight is 559 g/mol. The maximum Gasteiger partial charge on any atom is 0.336 e. The van der Waals surface area contributed by atoms with E-state index in [4.69, 9.17) is 31.1 Å². The number of carbonyl (C=O) groups is 2. The van der Waals surface area contributed by atoms with Gasteiger partial charge in [-0.25, -0.2) is 9.59 Å². The molecule has 0 aromatic heterocycles. The van der Waals surface area contributed by atoms with Gasteiger partial charge in [0.15, 0.2) is 6.19 Å². The molecule has 2 N–H and O–H groups in total. The molecule has 0 amide bonds. The lowest BCUT2D eigenvalue weighted by atomic mass is 9.80. The third-order valence-electron chi connectivity index (χ3n) is 6.61. The third kappa shape index (κ3) is 7.29. The number of nitriles is 1. The van der Waals surface area contributed by atoms with Gasteiger partial charge in [-0.05, 0) is 25.5 Å². The summed E-state index contributed by atoms with van der Waals surface area (Å²) in [6.45, 7) is 7.94. The summed E-state index contributed by atoms with van der Waals surface area (Å²) in [6.07, 6.45) is 1.92. The van der Waals surface area contributed by atoms with E-state index in [0.717, 1.165) is 26.2 Å². The van der Waals surface area contributed by atoms with E-state index in [0.29, 0.717) is 41.1 Å². The first-order chi connectivity index (χ1) is 18.9. The fraction of sp³-hybridized carbons (Fsp3) is 0.481. The van der Waals surface area contributed by atoms with Gasteiger partial charge in [0.05, 0.1) is 49.7 Å². The second-order valence-electron chi connectivity index (χ2n) is 8.89. The quantitative estimate of drug-likeness (QED) is 0.116. The molecule has 1 aromatic carbocycles. The minimum atomic E-state index is -0.783. The number of methoxy groups -OCH3 is 1. The van der Waals surface area contributed by atoms with Gasteiger partial charge < -0.3 is 24.4 Å². The monoisotopic (exact) mass is 558 g/mol. The summed E-state index contributed by atoms with van der Waals surface area (Å²) in [5.41, 5.74) is 2.21. The molecule has 0 bridgehead atoms. The van der Waals surface area contributed by atoms with Crippen molar-refractivity contribution >= 4 is 29.5 Å². The van der Waals surface area contributed by atoms with Crippen LogP contribution in [-0.4, -0.2) is 94.4 Å². The number of dihydropyridines is 1. The van der Waals surface area contributed by atoms with Gasteiger partial charge in [0.1, 0.15) is 0 Å². The van der Waals surface area contributed by atoms with Gasteiger partial charge >= 0.3 is 11.9 Å². The SMILES string of the molecule is CCOC(=O)C1=C(COCCN2CCN(/C(=N\C)NC#N)CC2)NC(C)=C(C(=O)OC)C1c1ccccc1Cl. The fourth-order valence-electron chi connectivity index (χ4n) is 4.74. The highest BCUT2D eigenvalue weighted by Crippen LogP contribution is 2.41. The molecule has 12 heteroatoms. The molecule has 0 spiro atoms. The standard InChI is InChI=1S/C27H35ClN6O5/c1-5-39-26(36)24-21(16-38-15-14-33-10-12-34(13-11-33)27(30-3)31-17-29)32-18(2)22(25(35)37-4)23(24)19-8-6-7-9-20(19)28/h6-9,23,32H,5,10-16H2,1-4H3,(H,30,31). The average Bonchev–Trinajstić information content (AvgIpc) is 2.94. The molecule has 0 aliphatic carbocycles. The Balaban J connectivity index is 1.76. The minimum Gasteiger partial charge on any atom is -0.466 e. The van der Waals surface area contributed by atoms with Crippen LogP contribution in [0.4, 0.5) is 0 Å². The second-order valence-corrected chi connectivity index (χ2v) is 9.29. The first-order valence-corrected chi connectivity index (χ1v) is 13.1. The van der Waals surface area contributed by atoms with Crippen molar-refractivity contribution in [2.24, 2.45) is 4.99 Å². The highest BCUT2D eigenvalue weighted by molar-refractivity contribution is 6.31. The van der Waals surface area contributed by atoms with Crippen LogP contribution >= 0.6 is 11.6 Å². The molecule has 1 fully saturated rings. The molecular formula is C27H35ClN6O5. The molecule has 0 radical (unpaired) electrons. The summed E-state index contributed by atoms with van der Waals surface area (Å²) >= 11 is 6.55. The number of aliphatic imine (C=N–C) groups is 1. The fourth-order valence-corrected chi connectivity index (χ4v) is 4.98. The number of nitrogens with one attached hydrogen (secondary N) is 2. The molecule has 210 valence electrons. The Bertz CT molecular complexity index is 1180. The number of rotatable bonds is 9. The predicted molar refractivity (Wildman–Crippen MR) is 147 cm³/mol. The Morgan fingerprint density at radius 3 is 2.54 bits per heavy atom. The highest BCUT2D eigenvalue weighted by atomic mass is 35.5. The molecule has 1 aromatic rings. The van der Waals surface area contributed by atoms with Crippen LogP contribution in [0.15, 0.2) is 51.8 Å². The smallest absolute Gasteiger partial charge is 0.336 e. The van der Waals surface area contributed by atoms with E-state index in [1.54, 1.807) is 45.2 Å². The van der Waals surface area contributed by atoms with Crippen molar-refractivity contribution in [2.75, 3.05) is 66.7 Å². The zero-order valence-corrected chi connectivity index (χ0v) is 23.5. The number of carbonyl (C=O) groups excluding carboxylic acids is 2. The number of guanidine groups is 1. The molecule has 39 heavy (non-hydrogen) atoms. The molecule has 3 rings (SSSR count). The van der Waals surface area contributed by atoms with Crippen molar-refractivity contribution in [1.82, 2.24) is 20.4 Å². The van der Waals surface area contributed by atoms with Crippen molar-refractivity contribution in [3.05, 3.63) is 57.4 Å².